The van der Waals surface area contributed by atoms with Gasteiger partial charge in [-0.1, -0.05) is 12.2 Å². The van der Waals surface area contributed by atoms with E-state index in [4.69, 9.17) is 18.0 Å². The van der Waals surface area contributed by atoms with Crippen LogP contribution < -0.4 is 5.73 Å². The number of nitrogens with zero attached hydrogens (tertiary/aromatic N) is 1. The van der Waals surface area contributed by atoms with Crippen LogP contribution in [0.2, 0.25) is 0 Å². The third-order valence-electron chi connectivity index (χ3n) is 2.03. The number of hydrogen-bond acceptors (Lipinski definition) is 5. The molecular formula is C10H14N2O2S. The number of phenolic OH excluding ortho intramolecular Hbond substituents is 2. The molecule has 1 rings (SSSR count). The number of phenols is 2. The van der Waals surface area contributed by atoms with Crippen molar-refractivity contribution in [2.24, 2.45) is 0 Å². The molecule has 4 N–H and O–H groups in total. The highest BCUT2D eigenvalue weighted by atomic mass is 32.1. The molecule has 0 saturated carbocycles. The Kier molecular flexibility index (Phi) is 3.88. The molecule has 0 aliphatic carbocycles. The van der Waals surface area contributed by atoms with Crippen LogP contribution in [0.4, 0.5) is 5.69 Å². The van der Waals surface area contributed by atoms with Crippen molar-refractivity contribution < 1.29 is 10.2 Å². The van der Waals surface area contributed by atoms with Crippen LogP contribution in [-0.4, -0.2) is 34.1 Å². The summed E-state index contributed by atoms with van der Waals surface area (Å²) >= 11 is 4.73. The number of aromatic hydroxyl groups is 2. The first-order valence-electron chi connectivity index (χ1n) is 4.47. The molecule has 0 aliphatic rings. The highest BCUT2D eigenvalue weighted by Gasteiger charge is 2.07. The van der Waals surface area contributed by atoms with Crippen LogP contribution in [0.25, 0.3) is 0 Å². The second-order valence-corrected chi connectivity index (χ2v) is 3.74. The summed E-state index contributed by atoms with van der Waals surface area (Å²) in [4.78, 5) is 1.96. The van der Waals surface area contributed by atoms with Gasteiger partial charge in [-0.05, 0) is 30.1 Å². The summed E-state index contributed by atoms with van der Waals surface area (Å²) in [5.74, 6) is -0.193. The van der Waals surface area contributed by atoms with Crippen LogP contribution in [0.5, 0.6) is 11.5 Å². The quantitative estimate of drug-likeness (QED) is 0.407. The van der Waals surface area contributed by atoms with Crippen molar-refractivity contribution in [2.45, 2.75) is 6.54 Å². The molecule has 1 aromatic carbocycles. The Morgan fingerprint density at radius 1 is 1.40 bits per heavy atom. The zero-order chi connectivity index (χ0) is 11.4. The van der Waals surface area contributed by atoms with Crippen LogP contribution in [-0.2, 0) is 6.54 Å². The Morgan fingerprint density at radius 3 is 2.40 bits per heavy atom. The summed E-state index contributed by atoms with van der Waals surface area (Å²) in [5, 5.41) is 20.4. The lowest BCUT2D eigenvalue weighted by Crippen LogP contribution is -2.19. The van der Waals surface area contributed by atoms with E-state index in [1.54, 1.807) is 5.37 Å². The minimum absolute atomic E-state index is 0.0104. The van der Waals surface area contributed by atoms with E-state index in [9.17, 15) is 10.2 Å². The van der Waals surface area contributed by atoms with Crippen LogP contribution in [0.1, 0.15) is 5.56 Å². The molecule has 82 valence electrons. The molecule has 5 heteroatoms. The summed E-state index contributed by atoms with van der Waals surface area (Å²) in [6.07, 6.45) is 0. The molecule has 0 aliphatic heterocycles. The lowest BCUT2D eigenvalue weighted by atomic mass is 10.1. The largest absolute Gasteiger partial charge is 0.506 e. The average molecular weight is 226 g/mol. The molecular weight excluding hydrogens is 212 g/mol. The predicted molar refractivity (Wildman–Crippen MR) is 64.2 cm³/mol. The Balaban J connectivity index is 2.82. The fourth-order valence-electron chi connectivity index (χ4n) is 1.27. The van der Waals surface area contributed by atoms with Crippen LogP contribution in [0.15, 0.2) is 12.1 Å². The van der Waals surface area contributed by atoms with Crippen molar-refractivity contribution in [3.8, 4) is 11.5 Å². The van der Waals surface area contributed by atoms with Gasteiger partial charge < -0.3 is 15.9 Å². The van der Waals surface area contributed by atoms with E-state index >= 15 is 0 Å². The molecule has 0 spiro atoms. The van der Waals surface area contributed by atoms with Crippen LogP contribution in [0.3, 0.4) is 0 Å². The van der Waals surface area contributed by atoms with Crippen molar-refractivity contribution in [3.05, 3.63) is 17.7 Å². The fraction of sp³-hybridized carbons (Fsp3) is 0.300. The normalized spacial score (nSPS) is 10.5. The van der Waals surface area contributed by atoms with Gasteiger partial charge in [0.15, 0.2) is 0 Å². The fourth-order valence-corrected chi connectivity index (χ4v) is 1.53. The first-order valence-corrected chi connectivity index (χ1v) is 4.94. The van der Waals surface area contributed by atoms with Gasteiger partial charge in [-0.25, -0.2) is 0 Å². The van der Waals surface area contributed by atoms with E-state index in [-0.39, 0.29) is 17.2 Å². The van der Waals surface area contributed by atoms with Gasteiger partial charge in [-0.2, -0.15) is 0 Å². The molecule has 0 fully saturated rings. The molecule has 0 atom stereocenters. The van der Waals surface area contributed by atoms with E-state index in [2.05, 4.69) is 0 Å². The van der Waals surface area contributed by atoms with Crippen molar-refractivity contribution >= 4 is 23.3 Å². The average Bonchev–Trinajstić information content (AvgIpc) is 2.14. The number of anilines is 1. The Labute approximate surface area is 93.9 Å². The van der Waals surface area contributed by atoms with Crippen molar-refractivity contribution in [1.82, 2.24) is 4.90 Å². The summed E-state index contributed by atoms with van der Waals surface area (Å²) in [6, 6.07) is 3.07. The highest BCUT2D eigenvalue weighted by molar-refractivity contribution is 7.79. The summed E-state index contributed by atoms with van der Waals surface area (Å²) in [6.45, 7) is 1.26. The first kappa shape index (κ1) is 11.7. The summed E-state index contributed by atoms with van der Waals surface area (Å²) < 4.78 is 0. The van der Waals surface area contributed by atoms with Crippen molar-refractivity contribution in [1.29, 1.82) is 0 Å². The maximum absolute atomic E-state index is 9.39. The van der Waals surface area contributed by atoms with Crippen molar-refractivity contribution in [2.75, 3.05) is 19.3 Å². The van der Waals surface area contributed by atoms with E-state index < -0.39 is 0 Å². The van der Waals surface area contributed by atoms with Crippen LogP contribution >= 0.6 is 12.2 Å². The zero-order valence-electron chi connectivity index (χ0n) is 8.47. The van der Waals surface area contributed by atoms with Gasteiger partial charge in [0.1, 0.15) is 17.2 Å². The number of nitrogens with two attached hydrogens (primary N) is 1. The molecule has 0 amide bonds. The monoisotopic (exact) mass is 226 g/mol. The zero-order valence-corrected chi connectivity index (χ0v) is 9.29. The Hall–Kier alpha value is -1.33. The van der Waals surface area contributed by atoms with E-state index in [1.165, 1.54) is 12.1 Å². The molecule has 0 heterocycles. The molecule has 0 saturated heterocycles. The summed E-state index contributed by atoms with van der Waals surface area (Å²) in [5.41, 5.74) is 6.20. The molecule has 0 unspecified atom stereocenters. The van der Waals surface area contributed by atoms with Gasteiger partial charge in [0.25, 0.3) is 0 Å². The Bertz CT molecular complexity index is 345. The SMILES string of the molecule is CN(CC=S)Cc1cc(O)c(N)c(O)c1. The summed E-state index contributed by atoms with van der Waals surface area (Å²) in [7, 11) is 1.90. The maximum atomic E-state index is 9.39. The minimum atomic E-state index is -0.0965. The first-order chi connectivity index (χ1) is 7.04. The molecule has 15 heavy (non-hydrogen) atoms. The van der Waals surface area contributed by atoms with Gasteiger partial charge >= 0.3 is 0 Å². The second-order valence-electron chi connectivity index (χ2n) is 3.41. The molecule has 4 nitrogen and oxygen atoms in total. The lowest BCUT2D eigenvalue weighted by molar-refractivity contribution is 0.375. The Morgan fingerprint density at radius 2 is 1.93 bits per heavy atom. The van der Waals surface area contributed by atoms with E-state index in [0.717, 1.165) is 5.56 Å². The maximum Gasteiger partial charge on any atom is 0.142 e. The number of rotatable bonds is 4. The lowest BCUT2D eigenvalue weighted by Gasteiger charge is -2.14. The third kappa shape index (κ3) is 3.07. The van der Waals surface area contributed by atoms with E-state index in [0.29, 0.717) is 13.1 Å². The minimum Gasteiger partial charge on any atom is -0.506 e. The third-order valence-corrected chi connectivity index (χ3v) is 2.18. The van der Waals surface area contributed by atoms with Gasteiger partial charge in [0.05, 0.1) is 0 Å². The van der Waals surface area contributed by atoms with Gasteiger partial charge in [-0.3, -0.25) is 4.90 Å². The molecule has 1 aromatic rings. The number of hydrogen-bond donors (Lipinski definition) is 3. The number of benzene rings is 1. The van der Waals surface area contributed by atoms with Crippen LogP contribution in [0, 0.1) is 0 Å². The van der Waals surface area contributed by atoms with Gasteiger partial charge in [-0.15, -0.1) is 0 Å². The smallest absolute Gasteiger partial charge is 0.142 e. The molecule has 0 bridgehead atoms. The number of nitrogen functional groups attached to an aromatic ring is 1. The van der Waals surface area contributed by atoms with E-state index in [1.807, 2.05) is 11.9 Å². The highest BCUT2D eigenvalue weighted by Crippen LogP contribution is 2.31. The second kappa shape index (κ2) is 4.95. The molecule has 0 radical (unpaired) electrons. The topological polar surface area (TPSA) is 69.7 Å². The molecule has 0 aromatic heterocycles. The number of thiocarbonyl (C=S) groups is 1. The van der Waals surface area contributed by atoms with Crippen molar-refractivity contribution in [3.63, 3.8) is 0 Å². The van der Waals surface area contributed by atoms with Gasteiger partial charge in [0.2, 0.25) is 0 Å². The predicted octanol–water partition coefficient (Wildman–Crippen LogP) is 1.11. The van der Waals surface area contributed by atoms with Gasteiger partial charge in [0, 0.05) is 13.1 Å². The standard InChI is InChI=1S/C10H14N2O2S/c1-12(2-3-15)6-7-4-8(13)10(11)9(14)5-7/h3-5,13-14H,2,6,11H2,1H3.